The van der Waals surface area contributed by atoms with Gasteiger partial charge >= 0.3 is 0 Å². The molecule has 0 saturated carbocycles. The molecule has 118 valence electrons. The molecule has 1 amide bonds. The van der Waals surface area contributed by atoms with E-state index in [9.17, 15) is 4.79 Å². The Balaban J connectivity index is 0.00000220. The van der Waals surface area contributed by atoms with Gasteiger partial charge in [0.15, 0.2) is 0 Å². The SMILES string of the molecule is CNCC1CCN(C(=O)CCOc2ccc(Cl)cc2)C1.Cl. The Labute approximate surface area is 137 Å². The first-order chi connectivity index (χ1) is 9.69. The third kappa shape index (κ3) is 5.73. The second-order valence-electron chi connectivity index (χ2n) is 5.10. The summed E-state index contributed by atoms with van der Waals surface area (Å²) in [5, 5.41) is 3.85. The van der Waals surface area contributed by atoms with Gasteiger partial charge in [-0.05, 0) is 50.2 Å². The predicted octanol–water partition coefficient (Wildman–Crippen LogP) is 2.60. The van der Waals surface area contributed by atoms with Crippen LogP contribution in [0.4, 0.5) is 0 Å². The first kappa shape index (κ1) is 18.1. The van der Waals surface area contributed by atoms with Crippen molar-refractivity contribution in [2.75, 3.05) is 33.3 Å². The number of rotatable bonds is 6. The molecule has 0 aliphatic carbocycles. The van der Waals surface area contributed by atoms with Crippen LogP contribution in [-0.4, -0.2) is 44.1 Å². The molecule has 1 atom stereocenters. The third-order valence-electron chi connectivity index (χ3n) is 3.53. The first-order valence-corrected chi connectivity index (χ1v) is 7.37. The lowest BCUT2D eigenvalue weighted by molar-refractivity contribution is -0.130. The third-order valence-corrected chi connectivity index (χ3v) is 3.78. The molecule has 1 aliphatic rings. The fraction of sp³-hybridized carbons (Fsp3) is 0.533. The van der Waals surface area contributed by atoms with Crippen molar-refractivity contribution in [3.05, 3.63) is 29.3 Å². The number of halogens is 2. The summed E-state index contributed by atoms with van der Waals surface area (Å²) in [5.41, 5.74) is 0. The van der Waals surface area contributed by atoms with Gasteiger partial charge in [-0.2, -0.15) is 0 Å². The lowest BCUT2D eigenvalue weighted by Gasteiger charge is -2.16. The Hall–Kier alpha value is -0.970. The average Bonchev–Trinajstić information content (AvgIpc) is 2.90. The number of likely N-dealkylation sites (tertiary alicyclic amines) is 1. The summed E-state index contributed by atoms with van der Waals surface area (Å²) in [6.07, 6.45) is 1.51. The van der Waals surface area contributed by atoms with Gasteiger partial charge in [-0.3, -0.25) is 4.79 Å². The van der Waals surface area contributed by atoms with Crippen LogP contribution in [0.25, 0.3) is 0 Å². The largest absolute Gasteiger partial charge is 0.493 e. The van der Waals surface area contributed by atoms with E-state index in [0.29, 0.717) is 24.0 Å². The number of nitrogens with zero attached hydrogens (tertiary/aromatic N) is 1. The van der Waals surface area contributed by atoms with E-state index in [0.717, 1.165) is 31.8 Å². The highest BCUT2D eigenvalue weighted by atomic mass is 35.5. The maximum Gasteiger partial charge on any atom is 0.226 e. The summed E-state index contributed by atoms with van der Waals surface area (Å²) in [6, 6.07) is 7.18. The van der Waals surface area contributed by atoms with Crippen LogP contribution in [0.5, 0.6) is 5.75 Å². The summed E-state index contributed by atoms with van der Waals surface area (Å²) in [6.45, 7) is 3.12. The second kappa shape index (κ2) is 9.13. The summed E-state index contributed by atoms with van der Waals surface area (Å²) in [5.74, 6) is 1.51. The van der Waals surface area contributed by atoms with Crippen LogP contribution in [-0.2, 0) is 4.79 Å². The van der Waals surface area contributed by atoms with E-state index < -0.39 is 0 Å². The quantitative estimate of drug-likeness (QED) is 0.870. The van der Waals surface area contributed by atoms with Gasteiger partial charge in [-0.25, -0.2) is 0 Å². The van der Waals surface area contributed by atoms with Gasteiger partial charge in [0.05, 0.1) is 13.0 Å². The first-order valence-electron chi connectivity index (χ1n) is 7.00. The van der Waals surface area contributed by atoms with Gasteiger partial charge in [-0.1, -0.05) is 11.6 Å². The number of amides is 1. The minimum Gasteiger partial charge on any atom is -0.493 e. The van der Waals surface area contributed by atoms with Crippen molar-refractivity contribution >= 4 is 29.9 Å². The van der Waals surface area contributed by atoms with Crippen LogP contribution in [0.1, 0.15) is 12.8 Å². The van der Waals surface area contributed by atoms with Gasteiger partial charge < -0.3 is 15.0 Å². The number of hydrogen-bond donors (Lipinski definition) is 1. The van der Waals surface area contributed by atoms with E-state index in [1.54, 1.807) is 12.1 Å². The Kier molecular flexibility index (Phi) is 7.86. The lowest BCUT2D eigenvalue weighted by Crippen LogP contribution is -2.31. The molecule has 0 bridgehead atoms. The minimum absolute atomic E-state index is 0. The summed E-state index contributed by atoms with van der Waals surface area (Å²) < 4.78 is 5.55. The van der Waals surface area contributed by atoms with Crippen molar-refractivity contribution in [3.63, 3.8) is 0 Å². The smallest absolute Gasteiger partial charge is 0.226 e. The molecule has 1 unspecified atom stereocenters. The summed E-state index contributed by atoms with van der Waals surface area (Å²) >= 11 is 5.80. The maximum atomic E-state index is 12.0. The van der Waals surface area contributed by atoms with E-state index in [1.807, 2.05) is 24.1 Å². The highest BCUT2D eigenvalue weighted by Gasteiger charge is 2.25. The van der Waals surface area contributed by atoms with Crippen LogP contribution in [0.15, 0.2) is 24.3 Å². The van der Waals surface area contributed by atoms with Crippen molar-refractivity contribution < 1.29 is 9.53 Å². The van der Waals surface area contributed by atoms with Crippen molar-refractivity contribution in [2.24, 2.45) is 5.92 Å². The Bertz CT molecular complexity index is 440. The van der Waals surface area contributed by atoms with Gasteiger partial charge in [0.1, 0.15) is 5.75 Å². The summed E-state index contributed by atoms with van der Waals surface area (Å²) in [7, 11) is 1.95. The molecule has 0 spiro atoms. The van der Waals surface area contributed by atoms with E-state index in [2.05, 4.69) is 5.32 Å². The highest BCUT2D eigenvalue weighted by molar-refractivity contribution is 6.30. The molecule has 1 fully saturated rings. The molecule has 1 aliphatic heterocycles. The standard InChI is InChI=1S/C15H21ClN2O2.ClH/c1-17-10-12-6-8-18(11-12)15(19)7-9-20-14-4-2-13(16)3-5-14;/h2-5,12,17H,6-11H2,1H3;1H. The molecular formula is C15H22Cl2N2O2. The molecule has 1 aromatic rings. The van der Waals surface area contributed by atoms with Crippen molar-refractivity contribution in [2.45, 2.75) is 12.8 Å². The highest BCUT2D eigenvalue weighted by Crippen LogP contribution is 2.17. The number of ether oxygens (including phenoxy) is 1. The lowest BCUT2D eigenvalue weighted by atomic mass is 10.1. The number of benzene rings is 1. The van der Waals surface area contributed by atoms with E-state index in [-0.39, 0.29) is 18.3 Å². The molecule has 1 N–H and O–H groups in total. The zero-order valence-corrected chi connectivity index (χ0v) is 13.8. The van der Waals surface area contributed by atoms with Crippen LogP contribution >= 0.6 is 24.0 Å². The number of carbonyl (C=O) groups is 1. The van der Waals surface area contributed by atoms with Gasteiger partial charge in [0, 0.05) is 18.1 Å². The van der Waals surface area contributed by atoms with E-state index in [4.69, 9.17) is 16.3 Å². The van der Waals surface area contributed by atoms with Crippen LogP contribution < -0.4 is 10.1 Å². The molecule has 6 heteroatoms. The molecule has 0 aromatic heterocycles. The van der Waals surface area contributed by atoms with E-state index in [1.165, 1.54) is 0 Å². The Morgan fingerprint density at radius 1 is 1.43 bits per heavy atom. The molecule has 1 heterocycles. The van der Waals surface area contributed by atoms with E-state index >= 15 is 0 Å². The molecule has 2 rings (SSSR count). The van der Waals surface area contributed by atoms with Crippen molar-refractivity contribution in [3.8, 4) is 5.75 Å². The molecule has 4 nitrogen and oxygen atoms in total. The maximum absolute atomic E-state index is 12.0. The molecular weight excluding hydrogens is 311 g/mol. The van der Waals surface area contributed by atoms with Gasteiger partial charge in [-0.15, -0.1) is 12.4 Å². The minimum atomic E-state index is 0. The van der Waals surface area contributed by atoms with Crippen molar-refractivity contribution in [1.82, 2.24) is 10.2 Å². The van der Waals surface area contributed by atoms with Crippen LogP contribution in [0.3, 0.4) is 0 Å². The van der Waals surface area contributed by atoms with Gasteiger partial charge in [0.2, 0.25) is 5.91 Å². The molecule has 1 saturated heterocycles. The van der Waals surface area contributed by atoms with Gasteiger partial charge in [0.25, 0.3) is 0 Å². The number of nitrogens with one attached hydrogen (secondary N) is 1. The predicted molar refractivity (Wildman–Crippen MR) is 87.4 cm³/mol. The van der Waals surface area contributed by atoms with Crippen molar-refractivity contribution in [1.29, 1.82) is 0 Å². The topological polar surface area (TPSA) is 41.6 Å². The zero-order valence-electron chi connectivity index (χ0n) is 12.2. The average molecular weight is 333 g/mol. The normalized spacial score (nSPS) is 17.4. The number of hydrogen-bond acceptors (Lipinski definition) is 3. The molecule has 1 aromatic carbocycles. The fourth-order valence-corrected chi connectivity index (χ4v) is 2.59. The monoisotopic (exact) mass is 332 g/mol. The Morgan fingerprint density at radius 3 is 2.81 bits per heavy atom. The zero-order chi connectivity index (χ0) is 14.4. The van der Waals surface area contributed by atoms with Crippen LogP contribution in [0.2, 0.25) is 5.02 Å². The molecule has 21 heavy (non-hydrogen) atoms. The molecule has 0 radical (unpaired) electrons. The fourth-order valence-electron chi connectivity index (χ4n) is 2.46. The Morgan fingerprint density at radius 2 is 2.14 bits per heavy atom. The second-order valence-corrected chi connectivity index (χ2v) is 5.54. The summed E-state index contributed by atoms with van der Waals surface area (Å²) in [4.78, 5) is 14.0. The number of carbonyl (C=O) groups excluding carboxylic acids is 1. The van der Waals surface area contributed by atoms with Crippen LogP contribution in [0, 0.1) is 5.92 Å².